The zero-order valence-corrected chi connectivity index (χ0v) is 26.2. The fraction of sp³-hybridized carbons (Fsp3) is 0.917. The molecule has 0 saturated heterocycles. The molecule has 3 saturated carbocycles. The van der Waals surface area contributed by atoms with Crippen LogP contribution in [0.4, 0.5) is 0 Å². The van der Waals surface area contributed by atoms with E-state index in [4.69, 9.17) is 4.74 Å². The Balaban J connectivity index is 1.31. The van der Waals surface area contributed by atoms with Crippen molar-refractivity contribution >= 4 is 5.97 Å². The Hall–Kier alpha value is -0.790. The molecule has 0 radical (unpaired) electrons. The molecule has 2 nitrogen and oxygen atoms in total. The molecule has 4 aliphatic rings. The van der Waals surface area contributed by atoms with Crippen molar-refractivity contribution in [3.8, 4) is 0 Å². The van der Waals surface area contributed by atoms with Crippen LogP contribution in [0.15, 0.2) is 11.6 Å². The fourth-order valence-electron chi connectivity index (χ4n) is 10.0. The third kappa shape index (κ3) is 6.57. The van der Waals surface area contributed by atoms with Crippen molar-refractivity contribution in [3.05, 3.63) is 11.6 Å². The SMILES string of the molecule is CCCCCCCCC(=O)O[C@H]1CC[C@@]2(C)C(=CC[C@@H]3[C@H]4CC[C@H]([C@H](C)CCCC(C)C)[C@@]4(C)CC[C@@H]32)C1. The molecule has 0 amide bonds. The number of esters is 1. The largest absolute Gasteiger partial charge is 0.462 e. The van der Waals surface area contributed by atoms with Gasteiger partial charge in [-0.25, -0.2) is 0 Å². The van der Waals surface area contributed by atoms with Crippen molar-refractivity contribution < 1.29 is 9.53 Å². The summed E-state index contributed by atoms with van der Waals surface area (Å²) in [6.07, 6.45) is 25.3. The number of hydrogen-bond acceptors (Lipinski definition) is 2. The maximum Gasteiger partial charge on any atom is 0.306 e. The van der Waals surface area contributed by atoms with Crippen LogP contribution in [0.25, 0.3) is 0 Å². The molecular weight excluding hydrogens is 464 g/mol. The number of fused-ring (bicyclic) bond motifs is 5. The molecule has 38 heavy (non-hydrogen) atoms. The maximum absolute atomic E-state index is 12.6. The molecule has 0 bridgehead atoms. The molecular formula is C36H62O2. The van der Waals surface area contributed by atoms with Gasteiger partial charge in [-0.05, 0) is 97.7 Å². The summed E-state index contributed by atoms with van der Waals surface area (Å²) >= 11 is 0. The van der Waals surface area contributed by atoms with E-state index in [1.807, 2.05) is 0 Å². The minimum absolute atomic E-state index is 0.0522. The second-order valence-electron chi connectivity index (χ2n) is 15.2. The summed E-state index contributed by atoms with van der Waals surface area (Å²) in [4.78, 5) is 12.6. The number of unbranched alkanes of at least 4 members (excludes halogenated alkanes) is 5. The highest BCUT2D eigenvalue weighted by Crippen LogP contribution is 2.67. The molecule has 0 spiro atoms. The molecule has 218 valence electrons. The lowest BCUT2D eigenvalue weighted by Gasteiger charge is -2.58. The van der Waals surface area contributed by atoms with Crippen LogP contribution in [0.3, 0.4) is 0 Å². The number of allylic oxidation sites excluding steroid dienone is 1. The smallest absolute Gasteiger partial charge is 0.306 e. The van der Waals surface area contributed by atoms with Gasteiger partial charge in [0.05, 0.1) is 0 Å². The van der Waals surface area contributed by atoms with Gasteiger partial charge in [0.2, 0.25) is 0 Å². The van der Waals surface area contributed by atoms with E-state index in [1.165, 1.54) is 89.9 Å². The number of rotatable bonds is 13. The van der Waals surface area contributed by atoms with Crippen molar-refractivity contribution in [1.29, 1.82) is 0 Å². The average molecular weight is 527 g/mol. The molecule has 0 N–H and O–H groups in total. The molecule has 2 heteroatoms. The predicted molar refractivity (Wildman–Crippen MR) is 161 cm³/mol. The minimum atomic E-state index is 0.0522. The molecule has 8 atom stereocenters. The third-order valence-corrected chi connectivity index (χ3v) is 12.3. The first-order chi connectivity index (χ1) is 18.2. The van der Waals surface area contributed by atoms with Gasteiger partial charge in [-0.2, -0.15) is 0 Å². The fourth-order valence-corrected chi connectivity index (χ4v) is 10.0. The van der Waals surface area contributed by atoms with Gasteiger partial charge in [-0.3, -0.25) is 4.79 Å². The van der Waals surface area contributed by atoms with E-state index in [0.29, 0.717) is 17.3 Å². The molecule has 0 aromatic carbocycles. The van der Waals surface area contributed by atoms with Gasteiger partial charge >= 0.3 is 5.97 Å². The van der Waals surface area contributed by atoms with Crippen LogP contribution in [-0.2, 0) is 9.53 Å². The number of carbonyl (C=O) groups is 1. The Morgan fingerprint density at radius 1 is 0.921 bits per heavy atom. The lowest BCUT2D eigenvalue weighted by molar-refractivity contribution is -0.151. The highest BCUT2D eigenvalue weighted by atomic mass is 16.5. The van der Waals surface area contributed by atoms with Crippen molar-refractivity contribution in [2.24, 2.45) is 46.3 Å². The van der Waals surface area contributed by atoms with Crippen molar-refractivity contribution in [3.63, 3.8) is 0 Å². The van der Waals surface area contributed by atoms with E-state index in [-0.39, 0.29) is 12.1 Å². The molecule has 3 fully saturated rings. The molecule has 4 rings (SSSR count). The summed E-state index contributed by atoms with van der Waals surface area (Å²) in [6.45, 7) is 14.9. The van der Waals surface area contributed by atoms with Gasteiger partial charge < -0.3 is 4.74 Å². The van der Waals surface area contributed by atoms with Gasteiger partial charge in [0, 0.05) is 12.8 Å². The predicted octanol–water partition coefficient (Wildman–Crippen LogP) is 10.7. The van der Waals surface area contributed by atoms with Crippen LogP contribution in [0.5, 0.6) is 0 Å². The van der Waals surface area contributed by atoms with Gasteiger partial charge in [0.25, 0.3) is 0 Å². The maximum atomic E-state index is 12.6. The lowest BCUT2D eigenvalue weighted by Crippen LogP contribution is -2.51. The van der Waals surface area contributed by atoms with Crippen LogP contribution in [-0.4, -0.2) is 12.1 Å². The third-order valence-electron chi connectivity index (χ3n) is 12.3. The average Bonchev–Trinajstić information content (AvgIpc) is 3.23. The number of ether oxygens (including phenoxy) is 1. The molecule has 4 aliphatic carbocycles. The summed E-state index contributed by atoms with van der Waals surface area (Å²) in [5.41, 5.74) is 2.54. The second kappa shape index (κ2) is 13.2. The van der Waals surface area contributed by atoms with Crippen LogP contribution < -0.4 is 0 Å². The first-order valence-corrected chi connectivity index (χ1v) is 17.1. The van der Waals surface area contributed by atoms with Crippen molar-refractivity contribution in [2.45, 2.75) is 163 Å². The van der Waals surface area contributed by atoms with Gasteiger partial charge in [-0.15, -0.1) is 0 Å². The number of hydrogen-bond donors (Lipinski definition) is 0. The zero-order valence-electron chi connectivity index (χ0n) is 26.2. The molecule has 0 heterocycles. The van der Waals surface area contributed by atoms with Crippen molar-refractivity contribution in [1.82, 2.24) is 0 Å². The van der Waals surface area contributed by atoms with E-state index in [9.17, 15) is 4.79 Å². The Bertz CT molecular complexity index is 797. The normalized spacial score (nSPS) is 37.2. The summed E-state index contributed by atoms with van der Waals surface area (Å²) in [5.74, 6) is 5.34. The topological polar surface area (TPSA) is 26.3 Å². The first-order valence-electron chi connectivity index (χ1n) is 17.1. The Morgan fingerprint density at radius 3 is 2.45 bits per heavy atom. The van der Waals surface area contributed by atoms with E-state index in [1.54, 1.807) is 5.57 Å². The van der Waals surface area contributed by atoms with Crippen LogP contribution in [0.2, 0.25) is 0 Å². The quantitative estimate of drug-likeness (QED) is 0.135. The molecule has 0 aromatic heterocycles. The second-order valence-corrected chi connectivity index (χ2v) is 15.2. The lowest BCUT2D eigenvalue weighted by atomic mass is 9.47. The highest BCUT2D eigenvalue weighted by Gasteiger charge is 2.59. The Kier molecular flexibility index (Phi) is 10.5. The van der Waals surface area contributed by atoms with Crippen LogP contribution >= 0.6 is 0 Å². The summed E-state index contributed by atoms with van der Waals surface area (Å²) < 4.78 is 6.04. The van der Waals surface area contributed by atoms with Gasteiger partial charge in [-0.1, -0.05) is 105 Å². The van der Waals surface area contributed by atoms with Crippen LogP contribution in [0.1, 0.15) is 157 Å². The summed E-state index contributed by atoms with van der Waals surface area (Å²) in [7, 11) is 0. The summed E-state index contributed by atoms with van der Waals surface area (Å²) in [5, 5.41) is 0. The van der Waals surface area contributed by atoms with E-state index in [2.05, 4.69) is 47.6 Å². The van der Waals surface area contributed by atoms with E-state index < -0.39 is 0 Å². The van der Waals surface area contributed by atoms with E-state index in [0.717, 1.165) is 54.8 Å². The van der Waals surface area contributed by atoms with Gasteiger partial charge in [0.15, 0.2) is 0 Å². The standard InChI is InChI=1S/C36H62O2/c1-7-8-9-10-11-12-16-34(37)38-29-21-23-35(5)28(25-29)17-18-30-32-20-19-31(27(4)15-13-14-26(2)3)36(32,6)24-22-33(30)35/h17,26-27,29-33H,7-16,18-25H2,1-6H3/t27-,29+,30-,31-,32-,33+,35+,36-/m1/s1. The van der Waals surface area contributed by atoms with Crippen LogP contribution in [0, 0.1) is 46.3 Å². The highest BCUT2D eigenvalue weighted by molar-refractivity contribution is 5.69. The molecule has 0 unspecified atom stereocenters. The Labute approximate surface area is 236 Å². The molecule has 0 aromatic rings. The summed E-state index contributed by atoms with van der Waals surface area (Å²) in [6, 6.07) is 0. The number of carbonyl (C=O) groups excluding carboxylic acids is 1. The monoisotopic (exact) mass is 526 g/mol. The van der Waals surface area contributed by atoms with Gasteiger partial charge in [0.1, 0.15) is 6.10 Å². The first kappa shape index (κ1) is 30.2. The molecule has 0 aliphatic heterocycles. The minimum Gasteiger partial charge on any atom is -0.462 e. The van der Waals surface area contributed by atoms with E-state index >= 15 is 0 Å². The Morgan fingerprint density at radius 2 is 1.68 bits per heavy atom. The zero-order chi connectivity index (χ0) is 27.3. The van der Waals surface area contributed by atoms with Crippen molar-refractivity contribution in [2.75, 3.05) is 0 Å².